The van der Waals surface area contributed by atoms with Gasteiger partial charge in [0, 0.05) is 24.3 Å². The molecule has 5 aliphatic rings. The molecule has 7 atom stereocenters. The van der Waals surface area contributed by atoms with Crippen molar-refractivity contribution in [3.05, 3.63) is 11.6 Å². The van der Waals surface area contributed by atoms with Gasteiger partial charge in [0.15, 0.2) is 5.79 Å². The fourth-order valence-electron chi connectivity index (χ4n) is 8.16. The second-order valence-corrected chi connectivity index (χ2v) is 12.3. The van der Waals surface area contributed by atoms with Crippen LogP contribution in [0.15, 0.2) is 11.6 Å². The third kappa shape index (κ3) is 3.79. The molecule has 0 bridgehead atoms. The van der Waals surface area contributed by atoms with E-state index in [-0.39, 0.29) is 5.79 Å². The van der Waals surface area contributed by atoms with Crippen molar-refractivity contribution in [2.75, 3.05) is 39.6 Å². The standard InChI is InChI=1S/C26H41BrO4/c1-4-28-11-12-29-17-18-5-6-20-23-21(7-8-24(18,20)2)25(3)9-10-26(30-13-14-31-26)16-19(25)15-22(23)27/h15,18,20-23H,4-14,16-17H2,1-3H3/t18?,20?,21-,22?,23-,24+,25-/m0/s1. The minimum absolute atomic E-state index is 0.308. The topological polar surface area (TPSA) is 36.9 Å². The van der Waals surface area contributed by atoms with E-state index in [4.69, 9.17) is 18.9 Å². The van der Waals surface area contributed by atoms with Crippen LogP contribution >= 0.6 is 15.9 Å². The van der Waals surface area contributed by atoms with Crippen LogP contribution in [0.1, 0.15) is 65.7 Å². The van der Waals surface area contributed by atoms with Gasteiger partial charge in [0.2, 0.25) is 0 Å². The summed E-state index contributed by atoms with van der Waals surface area (Å²) in [5.41, 5.74) is 2.32. The lowest BCUT2D eigenvalue weighted by atomic mass is 9.47. The molecule has 1 saturated heterocycles. The van der Waals surface area contributed by atoms with Gasteiger partial charge in [-0.15, -0.1) is 0 Å². The third-order valence-electron chi connectivity index (χ3n) is 10.0. The van der Waals surface area contributed by atoms with Crippen LogP contribution < -0.4 is 0 Å². The van der Waals surface area contributed by atoms with Crippen LogP contribution in [0, 0.1) is 34.5 Å². The molecular formula is C26H41BrO4. The van der Waals surface area contributed by atoms with Crippen molar-refractivity contribution in [2.45, 2.75) is 76.3 Å². The summed E-state index contributed by atoms with van der Waals surface area (Å²) in [7, 11) is 0. The van der Waals surface area contributed by atoms with E-state index >= 15 is 0 Å². The highest BCUT2D eigenvalue weighted by Gasteiger charge is 2.61. The molecule has 1 aliphatic heterocycles. The van der Waals surface area contributed by atoms with Crippen molar-refractivity contribution < 1.29 is 18.9 Å². The van der Waals surface area contributed by atoms with Gasteiger partial charge in [0.1, 0.15) is 0 Å². The first-order chi connectivity index (χ1) is 14.9. The first-order valence-corrected chi connectivity index (χ1v) is 13.6. The Labute approximate surface area is 196 Å². The zero-order valence-corrected chi connectivity index (χ0v) is 21.3. The maximum absolute atomic E-state index is 6.11. The number of ether oxygens (including phenoxy) is 4. The summed E-state index contributed by atoms with van der Waals surface area (Å²) in [6.07, 6.45) is 11.2. The smallest absolute Gasteiger partial charge is 0.172 e. The zero-order chi connectivity index (χ0) is 21.7. The number of hydrogen-bond acceptors (Lipinski definition) is 4. The molecule has 0 aromatic carbocycles. The highest BCUT2D eigenvalue weighted by molar-refractivity contribution is 9.09. The molecule has 0 radical (unpaired) electrons. The molecule has 1 spiro atoms. The van der Waals surface area contributed by atoms with Crippen molar-refractivity contribution in [1.29, 1.82) is 0 Å². The lowest BCUT2D eigenvalue weighted by Gasteiger charge is -2.60. The van der Waals surface area contributed by atoms with Crippen molar-refractivity contribution >= 4 is 15.9 Å². The van der Waals surface area contributed by atoms with Gasteiger partial charge in [-0.2, -0.15) is 0 Å². The van der Waals surface area contributed by atoms with Crippen LogP contribution in [-0.2, 0) is 18.9 Å². The Hall–Kier alpha value is 0.0600. The summed E-state index contributed by atoms with van der Waals surface area (Å²) in [5.74, 6) is 2.66. The maximum atomic E-state index is 6.11. The minimum Gasteiger partial charge on any atom is -0.379 e. The van der Waals surface area contributed by atoms with Crippen molar-refractivity contribution in [3.63, 3.8) is 0 Å². The molecule has 3 unspecified atom stereocenters. The van der Waals surface area contributed by atoms with Gasteiger partial charge in [0.05, 0.1) is 33.0 Å². The molecule has 0 aromatic heterocycles. The average molecular weight is 498 g/mol. The summed E-state index contributed by atoms with van der Waals surface area (Å²) in [6, 6.07) is 0. The number of halogens is 1. The number of allylic oxidation sites excluding steroid dienone is 1. The minimum atomic E-state index is -0.328. The van der Waals surface area contributed by atoms with Crippen LogP contribution in [-0.4, -0.2) is 50.3 Å². The van der Waals surface area contributed by atoms with Gasteiger partial charge in [-0.1, -0.05) is 41.4 Å². The molecule has 176 valence electrons. The molecule has 0 amide bonds. The summed E-state index contributed by atoms with van der Waals surface area (Å²) < 4.78 is 23.7. The predicted octanol–water partition coefficient (Wildman–Crippen LogP) is 5.74. The van der Waals surface area contributed by atoms with E-state index < -0.39 is 0 Å². The molecule has 31 heavy (non-hydrogen) atoms. The molecule has 4 aliphatic carbocycles. The van der Waals surface area contributed by atoms with Crippen LogP contribution in [0.5, 0.6) is 0 Å². The van der Waals surface area contributed by atoms with Gasteiger partial charge in [-0.3, -0.25) is 0 Å². The SMILES string of the molecule is CCOCCOCC1CCC2[C@@H]3C(Br)C=C4CC5(CC[C@]4(C)[C@H]3CC[C@]12C)OCCO5. The molecule has 4 nitrogen and oxygen atoms in total. The second kappa shape index (κ2) is 8.69. The van der Waals surface area contributed by atoms with E-state index in [0.29, 0.717) is 21.6 Å². The largest absolute Gasteiger partial charge is 0.379 e. The molecule has 0 aromatic rings. The maximum Gasteiger partial charge on any atom is 0.172 e. The quantitative estimate of drug-likeness (QED) is 0.267. The average Bonchev–Trinajstić information content (AvgIpc) is 3.34. The summed E-state index contributed by atoms with van der Waals surface area (Å²) in [4.78, 5) is 0.472. The van der Waals surface area contributed by atoms with Crippen molar-refractivity contribution in [3.8, 4) is 0 Å². The van der Waals surface area contributed by atoms with Gasteiger partial charge in [0.25, 0.3) is 0 Å². The van der Waals surface area contributed by atoms with Crippen LogP contribution in [0.4, 0.5) is 0 Å². The Balaban J connectivity index is 1.32. The second-order valence-electron chi connectivity index (χ2n) is 11.2. The molecule has 4 fully saturated rings. The summed E-state index contributed by atoms with van der Waals surface area (Å²) >= 11 is 4.17. The van der Waals surface area contributed by atoms with Crippen LogP contribution in [0.3, 0.4) is 0 Å². The van der Waals surface area contributed by atoms with Crippen LogP contribution in [0.2, 0.25) is 0 Å². The molecular weight excluding hydrogens is 456 g/mol. The highest BCUT2D eigenvalue weighted by Crippen LogP contribution is 2.67. The first kappa shape index (κ1) is 22.8. The van der Waals surface area contributed by atoms with Crippen molar-refractivity contribution in [2.24, 2.45) is 34.5 Å². The summed E-state index contributed by atoms with van der Waals surface area (Å²) in [6.45, 7) is 11.8. The fourth-order valence-corrected chi connectivity index (χ4v) is 9.22. The molecule has 5 rings (SSSR count). The van der Waals surface area contributed by atoms with E-state index in [1.807, 2.05) is 6.92 Å². The Morgan fingerprint density at radius 2 is 1.77 bits per heavy atom. The molecule has 1 heterocycles. The van der Waals surface area contributed by atoms with Crippen molar-refractivity contribution in [1.82, 2.24) is 0 Å². The fraction of sp³-hybridized carbons (Fsp3) is 0.923. The Bertz CT molecular complexity index is 689. The predicted molar refractivity (Wildman–Crippen MR) is 125 cm³/mol. The first-order valence-electron chi connectivity index (χ1n) is 12.7. The lowest BCUT2D eigenvalue weighted by molar-refractivity contribution is -0.185. The van der Waals surface area contributed by atoms with E-state index in [1.54, 1.807) is 5.57 Å². The van der Waals surface area contributed by atoms with Gasteiger partial charge < -0.3 is 18.9 Å². The summed E-state index contributed by atoms with van der Waals surface area (Å²) in [5, 5.41) is 0. The van der Waals surface area contributed by atoms with Gasteiger partial charge >= 0.3 is 0 Å². The number of rotatable bonds is 6. The van der Waals surface area contributed by atoms with E-state index in [9.17, 15) is 0 Å². The monoisotopic (exact) mass is 496 g/mol. The lowest BCUT2D eigenvalue weighted by Crippen LogP contribution is -2.55. The molecule has 3 saturated carbocycles. The molecule has 0 N–H and O–H groups in total. The van der Waals surface area contributed by atoms with Crippen LogP contribution in [0.25, 0.3) is 0 Å². The zero-order valence-electron chi connectivity index (χ0n) is 19.7. The number of alkyl halides is 1. The highest BCUT2D eigenvalue weighted by atomic mass is 79.9. The third-order valence-corrected chi connectivity index (χ3v) is 10.9. The van der Waals surface area contributed by atoms with Gasteiger partial charge in [-0.25, -0.2) is 0 Å². The normalized spacial score (nSPS) is 45.8. The molecule has 5 heteroatoms. The van der Waals surface area contributed by atoms with E-state index in [1.165, 1.54) is 32.1 Å². The Morgan fingerprint density at radius 1 is 1.00 bits per heavy atom. The van der Waals surface area contributed by atoms with E-state index in [0.717, 1.165) is 70.2 Å². The van der Waals surface area contributed by atoms with E-state index in [2.05, 4.69) is 35.9 Å². The number of hydrogen-bond donors (Lipinski definition) is 0. The Kier molecular flexibility index (Phi) is 6.40. The Morgan fingerprint density at radius 3 is 2.55 bits per heavy atom. The van der Waals surface area contributed by atoms with Gasteiger partial charge in [-0.05, 0) is 73.5 Å². The number of fused-ring (bicyclic) bond motifs is 5.